The summed E-state index contributed by atoms with van der Waals surface area (Å²) in [7, 11) is 3.40. The fourth-order valence-corrected chi connectivity index (χ4v) is 2.83. The molecule has 1 amide bonds. The van der Waals surface area contributed by atoms with E-state index in [0.717, 1.165) is 17.1 Å². The van der Waals surface area contributed by atoms with Gasteiger partial charge in [-0.25, -0.2) is 0 Å². The summed E-state index contributed by atoms with van der Waals surface area (Å²) in [6.07, 6.45) is 1.63. The van der Waals surface area contributed by atoms with Crippen LogP contribution in [-0.2, 0) is 13.6 Å². The summed E-state index contributed by atoms with van der Waals surface area (Å²) in [5, 5.41) is 4.08. The van der Waals surface area contributed by atoms with Gasteiger partial charge in [-0.2, -0.15) is 5.10 Å². The second-order valence-electron chi connectivity index (χ2n) is 6.34. The number of ether oxygens (including phenoxy) is 2. The van der Waals surface area contributed by atoms with Crippen LogP contribution in [-0.4, -0.2) is 39.8 Å². The summed E-state index contributed by atoms with van der Waals surface area (Å²) < 4.78 is 13.0. The van der Waals surface area contributed by atoms with Crippen molar-refractivity contribution in [1.82, 2.24) is 14.7 Å². The van der Waals surface area contributed by atoms with Gasteiger partial charge in [0.15, 0.2) is 0 Å². The van der Waals surface area contributed by atoms with Crippen LogP contribution in [0.5, 0.6) is 11.5 Å². The van der Waals surface area contributed by atoms with Gasteiger partial charge in [0.05, 0.1) is 13.7 Å². The molecule has 0 unspecified atom stereocenters. The lowest BCUT2D eigenvalue weighted by Gasteiger charge is -2.29. The third-order valence-corrected chi connectivity index (χ3v) is 3.92. The minimum Gasteiger partial charge on any atom is -0.497 e. The van der Waals surface area contributed by atoms with E-state index in [0.29, 0.717) is 18.8 Å². The SMILES string of the molecule is COc1ccc2c(c1)OC(C)(C)CN(C(=O)c1ccnn1C)C2. The first-order chi connectivity index (χ1) is 10.9. The molecule has 0 bridgehead atoms. The van der Waals surface area contributed by atoms with E-state index in [1.807, 2.05) is 32.0 Å². The highest BCUT2D eigenvalue weighted by Gasteiger charge is 2.32. The van der Waals surface area contributed by atoms with E-state index < -0.39 is 5.60 Å². The lowest BCUT2D eigenvalue weighted by Crippen LogP contribution is -2.43. The van der Waals surface area contributed by atoms with Crippen molar-refractivity contribution in [2.24, 2.45) is 7.05 Å². The minimum absolute atomic E-state index is 0.0506. The van der Waals surface area contributed by atoms with E-state index in [1.165, 1.54) is 0 Å². The quantitative estimate of drug-likeness (QED) is 0.853. The van der Waals surface area contributed by atoms with Crippen LogP contribution in [0.3, 0.4) is 0 Å². The maximum atomic E-state index is 12.8. The molecule has 1 aliphatic rings. The molecule has 122 valence electrons. The Bertz CT molecular complexity index is 736. The lowest BCUT2D eigenvalue weighted by atomic mass is 10.1. The first-order valence-corrected chi connectivity index (χ1v) is 7.53. The van der Waals surface area contributed by atoms with Crippen LogP contribution in [0.2, 0.25) is 0 Å². The largest absolute Gasteiger partial charge is 0.497 e. The smallest absolute Gasteiger partial charge is 0.272 e. The summed E-state index contributed by atoms with van der Waals surface area (Å²) in [4.78, 5) is 14.6. The van der Waals surface area contributed by atoms with Crippen LogP contribution in [0.1, 0.15) is 29.9 Å². The number of aromatic nitrogens is 2. The van der Waals surface area contributed by atoms with Crippen LogP contribution in [0.4, 0.5) is 0 Å². The average molecular weight is 315 g/mol. The Hall–Kier alpha value is -2.50. The second kappa shape index (κ2) is 5.61. The Morgan fingerprint density at radius 3 is 2.78 bits per heavy atom. The number of rotatable bonds is 2. The van der Waals surface area contributed by atoms with Gasteiger partial charge in [0.2, 0.25) is 0 Å². The molecule has 3 rings (SSSR count). The van der Waals surface area contributed by atoms with Gasteiger partial charge in [-0.3, -0.25) is 9.48 Å². The molecule has 0 atom stereocenters. The standard InChI is InChI=1S/C17H21N3O3/c1-17(2)11-20(16(21)14-7-8-18-19(14)3)10-12-5-6-13(22-4)9-15(12)23-17/h5-9H,10-11H2,1-4H3. The molecule has 0 radical (unpaired) electrons. The predicted molar refractivity (Wildman–Crippen MR) is 85.6 cm³/mol. The molecular formula is C17H21N3O3. The number of carbonyl (C=O) groups excluding carboxylic acids is 1. The zero-order chi connectivity index (χ0) is 16.6. The van der Waals surface area contributed by atoms with Crippen molar-refractivity contribution < 1.29 is 14.3 Å². The molecule has 1 aromatic heterocycles. The molecule has 2 aromatic rings. The molecule has 2 heterocycles. The summed E-state index contributed by atoms with van der Waals surface area (Å²) in [6, 6.07) is 7.43. The Kier molecular flexibility index (Phi) is 3.75. The van der Waals surface area contributed by atoms with Crippen molar-refractivity contribution in [3.63, 3.8) is 0 Å². The molecule has 1 aromatic carbocycles. The van der Waals surface area contributed by atoms with Crippen molar-refractivity contribution in [2.75, 3.05) is 13.7 Å². The topological polar surface area (TPSA) is 56.6 Å². The lowest BCUT2D eigenvalue weighted by molar-refractivity contribution is 0.0492. The van der Waals surface area contributed by atoms with Gasteiger partial charge >= 0.3 is 0 Å². The van der Waals surface area contributed by atoms with Crippen LogP contribution in [0, 0.1) is 0 Å². The minimum atomic E-state index is -0.494. The van der Waals surface area contributed by atoms with Crippen molar-refractivity contribution in [3.05, 3.63) is 41.7 Å². The molecular weight excluding hydrogens is 294 g/mol. The Morgan fingerprint density at radius 1 is 1.35 bits per heavy atom. The van der Waals surface area contributed by atoms with Crippen LogP contribution in [0.15, 0.2) is 30.5 Å². The third kappa shape index (κ3) is 3.02. The van der Waals surface area contributed by atoms with Crippen molar-refractivity contribution >= 4 is 5.91 Å². The van der Waals surface area contributed by atoms with Gasteiger partial charge in [0.1, 0.15) is 22.8 Å². The number of carbonyl (C=O) groups is 1. The van der Waals surface area contributed by atoms with Gasteiger partial charge in [-0.1, -0.05) is 0 Å². The normalized spacial score (nSPS) is 16.3. The van der Waals surface area contributed by atoms with Crippen molar-refractivity contribution in [1.29, 1.82) is 0 Å². The fourth-order valence-electron chi connectivity index (χ4n) is 2.83. The first kappa shape index (κ1) is 15.4. The van der Waals surface area contributed by atoms with Gasteiger partial charge < -0.3 is 14.4 Å². The second-order valence-corrected chi connectivity index (χ2v) is 6.34. The van der Waals surface area contributed by atoms with Crippen LogP contribution in [0.25, 0.3) is 0 Å². The zero-order valence-corrected chi connectivity index (χ0v) is 13.9. The van der Waals surface area contributed by atoms with E-state index in [2.05, 4.69) is 5.10 Å². The molecule has 6 heteroatoms. The maximum Gasteiger partial charge on any atom is 0.272 e. The number of hydrogen-bond acceptors (Lipinski definition) is 4. The summed E-state index contributed by atoms with van der Waals surface area (Å²) in [5.74, 6) is 1.45. The van der Waals surface area contributed by atoms with E-state index in [4.69, 9.17) is 9.47 Å². The summed E-state index contributed by atoms with van der Waals surface area (Å²) >= 11 is 0. The Balaban J connectivity index is 1.96. The van der Waals surface area contributed by atoms with Gasteiger partial charge in [-0.05, 0) is 32.0 Å². The van der Waals surface area contributed by atoms with E-state index >= 15 is 0 Å². The first-order valence-electron chi connectivity index (χ1n) is 7.53. The van der Waals surface area contributed by atoms with Crippen LogP contribution < -0.4 is 9.47 Å². The molecule has 6 nitrogen and oxygen atoms in total. The Morgan fingerprint density at radius 2 is 2.13 bits per heavy atom. The molecule has 0 saturated heterocycles. The van der Waals surface area contributed by atoms with Gasteiger partial charge in [-0.15, -0.1) is 0 Å². The predicted octanol–water partition coefficient (Wildman–Crippen LogP) is 2.24. The maximum absolute atomic E-state index is 12.8. The average Bonchev–Trinajstić information content (AvgIpc) is 2.86. The number of nitrogens with zero attached hydrogens (tertiary/aromatic N) is 3. The molecule has 0 saturated carbocycles. The van der Waals surface area contributed by atoms with Gasteiger partial charge in [0, 0.05) is 31.4 Å². The number of benzene rings is 1. The number of amides is 1. The fraction of sp³-hybridized carbons (Fsp3) is 0.412. The highest BCUT2D eigenvalue weighted by Crippen LogP contribution is 2.33. The molecule has 0 aliphatic carbocycles. The number of hydrogen-bond donors (Lipinski definition) is 0. The molecule has 1 aliphatic heterocycles. The van der Waals surface area contributed by atoms with Crippen LogP contribution >= 0.6 is 0 Å². The number of aryl methyl sites for hydroxylation is 1. The molecule has 23 heavy (non-hydrogen) atoms. The monoisotopic (exact) mass is 315 g/mol. The molecule has 0 N–H and O–H groups in total. The highest BCUT2D eigenvalue weighted by molar-refractivity contribution is 5.92. The van der Waals surface area contributed by atoms with Gasteiger partial charge in [0.25, 0.3) is 5.91 Å². The van der Waals surface area contributed by atoms with Crippen molar-refractivity contribution in [3.8, 4) is 11.5 Å². The number of fused-ring (bicyclic) bond motifs is 1. The Labute approximate surface area is 135 Å². The van der Waals surface area contributed by atoms with E-state index in [1.54, 1.807) is 36.0 Å². The van der Waals surface area contributed by atoms with E-state index in [9.17, 15) is 4.79 Å². The zero-order valence-electron chi connectivity index (χ0n) is 13.9. The summed E-state index contributed by atoms with van der Waals surface area (Å²) in [6.45, 7) is 4.94. The van der Waals surface area contributed by atoms with Crippen molar-refractivity contribution in [2.45, 2.75) is 26.0 Å². The highest BCUT2D eigenvalue weighted by atomic mass is 16.5. The third-order valence-electron chi connectivity index (χ3n) is 3.92. The number of methoxy groups -OCH3 is 1. The molecule has 0 spiro atoms. The van der Waals surface area contributed by atoms with E-state index in [-0.39, 0.29) is 5.91 Å². The molecule has 0 fully saturated rings. The summed E-state index contributed by atoms with van der Waals surface area (Å²) in [5.41, 5.74) is 1.04.